The number of hydrogen-bond acceptors (Lipinski definition) is 4. The Hall–Kier alpha value is -4.63. The summed E-state index contributed by atoms with van der Waals surface area (Å²) in [6.45, 7) is 6.39. The van der Waals surface area contributed by atoms with Crippen molar-refractivity contribution in [3.05, 3.63) is 89.5 Å². The fraction of sp³-hybridized carbons (Fsp3) is 0.324. The molecular formula is C37H37F2N3O4. The number of benzene rings is 3. The molecule has 46 heavy (non-hydrogen) atoms. The van der Waals surface area contributed by atoms with Crippen molar-refractivity contribution in [1.29, 1.82) is 0 Å². The fourth-order valence-corrected chi connectivity index (χ4v) is 6.54. The predicted molar refractivity (Wildman–Crippen MR) is 175 cm³/mol. The Kier molecular flexibility index (Phi) is 9.12. The molecule has 1 atom stereocenters. The number of carbonyl (C=O) groups is 2. The number of pyridine rings is 1. The normalized spacial score (nSPS) is 14.2. The Bertz CT molecular complexity index is 1930. The minimum Gasteiger partial charge on any atom is -0.478 e. The molecule has 3 aromatic carbocycles. The van der Waals surface area contributed by atoms with Gasteiger partial charge in [-0.15, -0.1) is 0 Å². The summed E-state index contributed by atoms with van der Waals surface area (Å²) >= 11 is 0. The van der Waals surface area contributed by atoms with E-state index in [-0.39, 0.29) is 23.9 Å². The number of carboxylic acids is 1. The van der Waals surface area contributed by atoms with Gasteiger partial charge in [-0.2, -0.15) is 0 Å². The molecule has 0 radical (unpaired) electrons. The highest BCUT2D eigenvalue weighted by molar-refractivity contribution is 6.00. The van der Waals surface area contributed by atoms with Gasteiger partial charge >= 0.3 is 5.97 Å². The summed E-state index contributed by atoms with van der Waals surface area (Å²) in [5, 5.41) is 11.7. The van der Waals surface area contributed by atoms with Crippen LogP contribution in [0.1, 0.15) is 61.4 Å². The number of fused-ring (bicyclic) bond motifs is 2. The molecule has 1 fully saturated rings. The lowest BCUT2D eigenvalue weighted by atomic mass is 9.87. The minimum atomic E-state index is -1.02. The van der Waals surface area contributed by atoms with E-state index in [1.165, 1.54) is 6.07 Å². The van der Waals surface area contributed by atoms with Gasteiger partial charge in [0, 0.05) is 29.4 Å². The molecule has 6 rings (SSSR count). The van der Waals surface area contributed by atoms with Gasteiger partial charge in [0.1, 0.15) is 6.54 Å². The summed E-state index contributed by atoms with van der Waals surface area (Å²) < 4.78 is 35.0. The summed E-state index contributed by atoms with van der Waals surface area (Å²) in [5.74, 6) is -2.72. The van der Waals surface area contributed by atoms with E-state index < -0.39 is 17.6 Å². The van der Waals surface area contributed by atoms with Crippen LogP contribution in [0.4, 0.5) is 8.78 Å². The van der Waals surface area contributed by atoms with E-state index in [2.05, 4.69) is 13.8 Å². The van der Waals surface area contributed by atoms with Crippen LogP contribution in [-0.4, -0.2) is 57.7 Å². The third kappa shape index (κ3) is 6.11. The molecule has 1 aliphatic heterocycles. The quantitative estimate of drug-likeness (QED) is 0.170. The molecule has 0 spiro atoms. The highest BCUT2D eigenvalue weighted by Crippen LogP contribution is 2.43. The number of aromatic carboxylic acids is 1. The van der Waals surface area contributed by atoms with E-state index in [9.17, 15) is 23.5 Å². The maximum Gasteiger partial charge on any atom is 0.335 e. The molecule has 9 heteroatoms. The summed E-state index contributed by atoms with van der Waals surface area (Å²) in [6, 6.07) is 18.6. The van der Waals surface area contributed by atoms with Crippen molar-refractivity contribution < 1.29 is 28.2 Å². The second-order valence-electron chi connectivity index (χ2n) is 11.9. The molecule has 1 N–H and O–H groups in total. The van der Waals surface area contributed by atoms with Crippen molar-refractivity contribution in [2.24, 2.45) is 0 Å². The van der Waals surface area contributed by atoms with E-state index in [1.54, 1.807) is 23.1 Å². The maximum absolute atomic E-state index is 14.0. The average molecular weight is 626 g/mol. The topological polar surface area (TPSA) is 84.7 Å². The van der Waals surface area contributed by atoms with Crippen LogP contribution in [0.5, 0.6) is 0 Å². The number of hydrogen-bond donors (Lipinski definition) is 1. The molecule has 3 heterocycles. The molecule has 0 bridgehead atoms. The van der Waals surface area contributed by atoms with E-state index in [4.69, 9.17) is 9.72 Å². The largest absolute Gasteiger partial charge is 0.478 e. The highest BCUT2D eigenvalue weighted by atomic mass is 19.2. The SMILES string of the molecule is CCCCC(CC)c1c(-c2ccc3nc(-c4ccc(F)c(F)c4)ccc3c2)n(CC(=O)N2CCOCC2)c2cc(C(=O)O)ccc12. The molecule has 1 unspecified atom stereocenters. The summed E-state index contributed by atoms with van der Waals surface area (Å²) in [4.78, 5) is 32.4. The zero-order chi connectivity index (χ0) is 32.4. The molecule has 5 aromatic rings. The number of amides is 1. The van der Waals surface area contributed by atoms with Crippen LogP contribution in [0.3, 0.4) is 0 Å². The lowest BCUT2D eigenvalue weighted by molar-refractivity contribution is -0.135. The number of carboxylic acid groups (broad SMARTS) is 1. The number of halogens is 2. The summed E-state index contributed by atoms with van der Waals surface area (Å²) in [7, 11) is 0. The van der Waals surface area contributed by atoms with Crippen LogP contribution in [0.25, 0.3) is 44.3 Å². The number of rotatable bonds is 10. The Morgan fingerprint density at radius 2 is 1.72 bits per heavy atom. The first-order chi connectivity index (χ1) is 22.3. The molecule has 0 aliphatic carbocycles. The van der Waals surface area contributed by atoms with E-state index in [1.807, 2.05) is 34.9 Å². The van der Waals surface area contributed by atoms with Gasteiger partial charge in [0.25, 0.3) is 0 Å². The van der Waals surface area contributed by atoms with E-state index in [0.29, 0.717) is 48.6 Å². The summed E-state index contributed by atoms with van der Waals surface area (Å²) in [5.41, 5.74) is 5.47. The molecule has 1 amide bonds. The van der Waals surface area contributed by atoms with Crippen LogP contribution in [-0.2, 0) is 16.1 Å². The lowest BCUT2D eigenvalue weighted by Gasteiger charge is -2.27. The smallest absolute Gasteiger partial charge is 0.335 e. The van der Waals surface area contributed by atoms with Crippen LogP contribution in [0.2, 0.25) is 0 Å². The number of ether oxygens (including phenoxy) is 1. The Labute approximate surface area is 266 Å². The van der Waals surface area contributed by atoms with Gasteiger partial charge in [0.15, 0.2) is 11.6 Å². The van der Waals surface area contributed by atoms with Crippen molar-refractivity contribution in [3.63, 3.8) is 0 Å². The van der Waals surface area contributed by atoms with Crippen LogP contribution < -0.4 is 0 Å². The van der Waals surface area contributed by atoms with E-state index in [0.717, 1.165) is 65.4 Å². The average Bonchev–Trinajstić information content (AvgIpc) is 3.39. The van der Waals surface area contributed by atoms with Gasteiger partial charge in [-0.05, 0) is 78.4 Å². The number of unbranched alkanes of at least 4 members (excludes halogenated alkanes) is 1. The van der Waals surface area contributed by atoms with Gasteiger partial charge in [-0.25, -0.2) is 18.6 Å². The van der Waals surface area contributed by atoms with E-state index >= 15 is 0 Å². The van der Waals surface area contributed by atoms with Crippen molar-refractivity contribution >= 4 is 33.7 Å². The molecular weight excluding hydrogens is 588 g/mol. The minimum absolute atomic E-state index is 0.0473. The molecule has 0 saturated carbocycles. The Morgan fingerprint density at radius 3 is 2.43 bits per heavy atom. The first kappa shape index (κ1) is 31.4. The third-order valence-electron chi connectivity index (χ3n) is 8.99. The number of nitrogens with zero attached hydrogens (tertiary/aromatic N) is 3. The Morgan fingerprint density at radius 1 is 0.935 bits per heavy atom. The molecule has 238 valence electrons. The van der Waals surface area contributed by atoms with Crippen LogP contribution in [0, 0.1) is 11.6 Å². The zero-order valence-electron chi connectivity index (χ0n) is 26.1. The zero-order valence-corrected chi connectivity index (χ0v) is 26.1. The molecule has 1 aliphatic rings. The summed E-state index contributed by atoms with van der Waals surface area (Å²) in [6.07, 6.45) is 3.94. The van der Waals surface area contributed by atoms with Gasteiger partial charge < -0.3 is 19.3 Å². The lowest BCUT2D eigenvalue weighted by Crippen LogP contribution is -2.42. The van der Waals surface area contributed by atoms with Gasteiger partial charge in [0.2, 0.25) is 5.91 Å². The molecule has 1 saturated heterocycles. The van der Waals surface area contributed by atoms with Gasteiger partial charge in [0.05, 0.1) is 41.2 Å². The second kappa shape index (κ2) is 13.4. The van der Waals surface area contributed by atoms with Crippen LogP contribution in [0.15, 0.2) is 66.7 Å². The Balaban J connectivity index is 1.54. The predicted octanol–water partition coefficient (Wildman–Crippen LogP) is 8.04. The monoisotopic (exact) mass is 625 g/mol. The number of carbonyl (C=O) groups excluding carboxylic acids is 1. The van der Waals surface area contributed by atoms with Crippen molar-refractivity contribution in [1.82, 2.24) is 14.5 Å². The highest BCUT2D eigenvalue weighted by Gasteiger charge is 2.27. The van der Waals surface area contributed by atoms with Gasteiger partial charge in [-0.1, -0.05) is 44.9 Å². The van der Waals surface area contributed by atoms with Crippen molar-refractivity contribution in [3.8, 4) is 22.5 Å². The second-order valence-corrected chi connectivity index (χ2v) is 11.9. The van der Waals surface area contributed by atoms with Crippen LogP contribution >= 0.6 is 0 Å². The third-order valence-corrected chi connectivity index (χ3v) is 8.99. The molecule has 7 nitrogen and oxygen atoms in total. The number of morpholine rings is 1. The first-order valence-electron chi connectivity index (χ1n) is 15.9. The van der Waals surface area contributed by atoms with Gasteiger partial charge in [-0.3, -0.25) is 4.79 Å². The standard InChI is InChI=1S/C37H37F2N3O4/c1-3-5-6-23(4-2)35-28-11-7-27(37(44)45)21-33(28)42(22-34(43)41-15-17-46-18-16-41)36(35)26-10-14-31-24(19-26)9-13-32(40-31)25-8-12-29(38)30(39)20-25/h7-14,19-21,23H,3-6,15-18,22H2,1-2H3,(H,44,45). The maximum atomic E-state index is 14.0. The fourth-order valence-electron chi connectivity index (χ4n) is 6.54. The number of aromatic nitrogens is 2. The van der Waals surface area contributed by atoms with Crippen molar-refractivity contribution in [2.75, 3.05) is 26.3 Å². The first-order valence-corrected chi connectivity index (χ1v) is 15.9. The van der Waals surface area contributed by atoms with Crippen molar-refractivity contribution in [2.45, 2.75) is 52.0 Å². The molecule has 2 aromatic heterocycles.